The van der Waals surface area contributed by atoms with Gasteiger partial charge in [0.1, 0.15) is 11.6 Å². The van der Waals surface area contributed by atoms with Crippen molar-refractivity contribution in [2.45, 2.75) is 71.1 Å². The second kappa shape index (κ2) is 11.5. The average molecular weight is 401 g/mol. The van der Waals surface area contributed by atoms with Crippen LogP contribution in [0.4, 0.5) is 0 Å². The van der Waals surface area contributed by atoms with Crippen molar-refractivity contribution in [3.05, 3.63) is 0 Å². The summed E-state index contributed by atoms with van der Waals surface area (Å²) >= 11 is 0. The fraction of sp³-hybridized carbons (Fsp3) is 0.789. The minimum Gasteiger partial charge on any atom is -0.344 e. The fourth-order valence-electron chi connectivity index (χ4n) is 3.20. The third-order valence-corrected chi connectivity index (χ3v) is 5.63. The van der Waals surface area contributed by atoms with Gasteiger partial charge in [0, 0.05) is 44.8 Å². The lowest BCUT2D eigenvalue weighted by atomic mass is 10.0. The van der Waals surface area contributed by atoms with E-state index in [1.165, 1.54) is 11.6 Å². The van der Waals surface area contributed by atoms with E-state index < -0.39 is 7.37 Å². The lowest BCUT2D eigenvalue weighted by Gasteiger charge is -2.13. The fourth-order valence-corrected chi connectivity index (χ4v) is 4.02. The minimum absolute atomic E-state index is 0.0877. The minimum atomic E-state index is -3.27. The predicted octanol–water partition coefficient (Wildman–Crippen LogP) is 2.93. The first-order valence-electron chi connectivity index (χ1n) is 9.77. The van der Waals surface area contributed by atoms with Gasteiger partial charge in [0.2, 0.25) is 19.2 Å². The third kappa shape index (κ3) is 9.96. The number of imide groups is 1. The van der Waals surface area contributed by atoms with E-state index in [1.54, 1.807) is 6.92 Å². The van der Waals surface area contributed by atoms with Gasteiger partial charge >= 0.3 is 0 Å². The van der Waals surface area contributed by atoms with Gasteiger partial charge in [0.05, 0.1) is 6.16 Å². The van der Waals surface area contributed by atoms with E-state index in [4.69, 9.17) is 4.89 Å². The first-order chi connectivity index (χ1) is 12.6. The molecule has 2 unspecified atom stereocenters. The van der Waals surface area contributed by atoms with Crippen LogP contribution in [0.5, 0.6) is 0 Å². The monoisotopic (exact) mass is 401 g/mol. The SMILES string of the molecule is CC1CC(=O)N(CCCCCC(=O)CCCCCC(=O)CP(C)(=O)O)C1=O. The average Bonchev–Trinajstić information content (AvgIpc) is 2.78. The summed E-state index contributed by atoms with van der Waals surface area (Å²) in [5.41, 5.74) is 0. The third-order valence-electron chi connectivity index (χ3n) is 4.69. The van der Waals surface area contributed by atoms with Crippen LogP contribution in [0.2, 0.25) is 0 Å². The Morgan fingerprint density at radius 2 is 1.52 bits per heavy atom. The van der Waals surface area contributed by atoms with Crippen LogP contribution in [-0.4, -0.2) is 52.5 Å². The second-order valence-electron chi connectivity index (χ2n) is 7.65. The number of amides is 2. The number of ketones is 2. The maximum Gasteiger partial charge on any atom is 0.232 e. The van der Waals surface area contributed by atoms with E-state index in [0.29, 0.717) is 38.6 Å². The molecule has 154 valence electrons. The highest BCUT2D eigenvalue weighted by molar-refractivity contribution is 7.58. The Balaban J connectivity index is 2.00. The summed E-state index contributed by atoms with van der Waals surface area (Å²) in [6.45, 7) is 3.40. The van der Waals surface area contributed by atoms with Crippen molar-refractivity contribution in [1.82, 2.24) is 4.90 Å². The molecule has 1 fully saturated rings. The molecule has 0 aromatic heterocycles. The largest absolute Gasteiger partial charge is 0.344 e. The molecule has 1 saturated heterocycles. The van der Waals surface area contributed by atoms with Gasteiger partial charge in [-0.25, -0.2) is 0 Å². The Morgan fingerprint density at radius 1 is 1.00 bits per heavy atom. The summed E-state index contributed by atoms with van der Waals surface area (Å²) in [5.74, 6) is -0.390. The summed E-state index contributed by atoms with van der Waals surface area (Å²) in [5, 5.41) is 0. The lowest BCUT2D eigenvalue weighted by molar-refractivity contribution is -0.139. The van der Waals surface area contributed by atoms with Crippen LogP contribution < -0.4 is 0 Å². The van der Waals surface area contributed by atoms with Crippen molar-refractivity contribution >= 4 is 30.7 Å². The highest BCUT2D eigenvalue weighted by atomic mass is 31.2. The highest BCUT2D eigenvalue weighted by Crippen LogP contribution is 2.35. The molecule has 1 N–H and O–H groups in total. The number of unbranched alkanes of at least 4 members (excludes halogenated alkanes) is 4. The molecule has 0 aliphatic carbocycles. The van der Waals surface area contributed by atoms with E-state index in [9.17, 15) is 23.7 Å². The Kier molecular flexibility index (Phi) is 10.1. The van der Waals surface area contributed by atoms with E-state index in [0.717, 1.165) is 32.1 Å². The standard InChI is InChI=1S/C19H32NO6P/c1-15-13-18(23)20(19(15)24)12-8-4-7-10-16(21)9-5-3-6-11-17(22)14-27(2,25)26/h15H,3-14H2,1-2H3,(H,25,26). The Hall–Kier alpha value is -1.33. The molecule has 2 atom stereocenters. The van der Waals surface area contributed by atoms with Crippen molar-refractivity contribution in [3.8, 4) is 0 Å². The molecule has 27 heavy (non-hydrogen) atoms. The number of carbonyl (C=O) groups is 4. The van der Waals surface area contributed by atoms with Gasteiger partial charge in [-0.05, 0) is 25.7 Å². The number of carbonyl (C=O) groups excluding carboxylic acids is 4. The zero-order valence-corrected chi connectivity index (χ0v) is 17.3. The molecule has 0 aromatic carbocycles. The molecule has 1 aliphatic heterocycles. The molecule has 2 amide bonds. The van der Waals surface area contributed by atoms with Gasteiger partial charge in [0.15, 0.2) is 0 Å². The quantitative estimate of drug-likeness (QED) is 0.272. The summed E-state index contributed by atoms with van der Waals surface area (Å²) < 4.78 is 11.1. The van der Waals surface area contributed by atoms with Crippen LogP contribution in [-0.2, 0) is 23.7 Å². The molecule has 1 heterocycles. The van der Waals surface area contributed by atoms with E-state index in [-0.39, 0.29) is 35.5 Å². The first kappa shape index (κ1) is 23.7. The van der Waals surface area contributed by atoms with Crippen LogP contribution in [0.3, 0.4) is 0 Å². The predicted molar refractivity (Wildman–Crippen MR) is 103 cm³/mol. The molecule has 7 nitrogen and oxygen atoms in total. The number of hydrogen-bond donors (Lipinski definition) is 1. The number of likely N-dealkylation sites (tertiary alicyclic amines) is 1. The Morgan fingerprint density at radius 3 is 2.00 bits per heavy atom. The van der Waals surface area contributed by atoms with Crippen molar-refractivity contribution in [1.29, 1.82) is 0 Å². The Bertz CT molecular complexity index is 597. The number of hydrogen-bond acceptors (Lipinski definition) is 5. The van der Waals surface area contributed by atoms with Gasteiger partial charge in [-0.1, -0.05) is 19.8 Å². The van der Waals surface area contributed by atoms with Crippen LogP contribution in [0, 0.1) is 5.92 Å². The van der Waals surface area contributed by atoms with Crippen LogP contribution >= 0.6 is 7.37 Å². The maximum atomic E-state index is 11.8. The molecule has 0 radical (unpaired) electrons. The number of rotatable bonds is 14. The van der Waals surface area contributed by atoms with Crippen molar-refractivity contribution in [2.24, 2.45) is 5.92 Å². The summed E-state index contributed by atoms with van der Waals surface area (Å²) in [6.07, 6.45) is 5.74. The van der Waals surface area contributed by atoms with Gasteiger partial charge in [0.25, 0.3) is 0 Å². The summed E-state index contributed by atoms with van der Waals surface area (Å²) in [4.78, 5) is 57.2. The maximum absolute atomic E-state index is 11.8. The first-order valence-corrected chi connectivity index (χ1v) is 12.1. The zero-order valence-electron chi connectivity index (χ0n) is 16.4. The van der Waals surface area contributed by atoms with Crippen molar-refractivity contribution < 1.29 is 28.6 Å². The Labute approximate surface area is 161 Å². The molecule has 1 rings (SSSR count). The number of Topliss-reactive ketones (excluding diaryl/α,β-unsaturated/α-hetero) is 2. The van der Waals surface area contributed by atoms with Crippen LogP contribution in [0.1, 0.15) is 71.1 Å². The van der Waals surface area contributed by atoms with Crippen molar-refractivity contribution in [2.75, 3.05) is 19.4 Å². The normalized spacial score (nSPS) is 19.4. The summed E-state index contributed by atoms with van der Waals surface area (Å²) in [6, 6.07) is 0. The van der Waals surface area contributed by atoms with E-state index >= 15 is 0 Å². The molecule has 0 aromatic rings. The molecule has 0 spiro atoms. The molecule has 8 heteroatoms. The lowest BCUT2D eigenvalue weighted by Crippen LogP contribution is -2.31. The van der Waals surface area contributed by atoms with Crippen LogP contribution in [0.15, 0.2) is 0 Å². The smallest absolute Gasteiger partial charge is 0.232 e. The van der Waals surface area contributed by atoms with E-state index in [2.05, 4.69) is 0 Å². The highest BCUT2D eigenvalue weighted by Gasteiger charge is 2.34. The molecular formula is C19H32NO6P. The molecule has 1 aliphatic rings. The van der Waals surface area contributed by atoms with Crippen molar-refractivity contribution in [3.63, 3.8) is 0 Å². The molecule has 0 saturated carbocycles. The topological polar surface area (TPSA) is 109 Å². The van der Waals surface area contributed by atoms with Gasteiger partial charge in [-0.15, -0.1) is 0 Å². The summed E-state index contributed by atoms with van der Waals surface area (Å²) in [7, 11) is -3.27. The molecular weight excluding hydrogens is 369 g/mol. The van der Waals surface area contributed by atoms with Gasteiger partial charge in [-0.2, -0.15) is 0 Å². The molecule has 0 bridgehead atoms. The van der Waals surface area contributed by atoms with E-state index in [1.807, 2.05) is 0 Å². The van der Waals surface area contributed by atoms with Gasteiger partial charge in [-0.3, -0.25) is 28.6 Å². The second-order valence-corrected chi connectivity index (χ2v) is 10.1. The van der Waals surface area contributed by atoms with Gasteiger partial charge < -0.3 is 4.89 Å². The van der Waals surface area contributed by atoms with Crippen LogP contribution in [0.25, 0.3) is 0 Å². The zero-order chi connectivity index (χ0) is 20.4. The number of nitrogens with zero attached hydrogens (tertiary/aromatic N) is 1.